The first-order valence-corrected chi connectivity index (χ1v) is 31.7. The molecule has 19 heteroatoms. The lowest BCUT2D eigenvalue weighted by Gasteiger charge is -2.54. The second kappa shape index (κ2) is 20.2. The van der Waals surface area contributed by atoms with Crippen molar-refractivity contribution in [1.82, 2.24) is 0 Å². The molecule has 3 spiro atoms. The first-order valence-electron chi connectivity index (χ1n) is 31.7. The lowest BCUT2D eigenvalue weighted by atomic mass is 9.78. The Bertz CT molecular complexity index is 2450. The van der Waals surface area contributed by atoms with Gasteiger partial charge in [0.05, 0.1) is 116 Å². The van der Waals surface area contributed by atoms with Crippen LogP contribution in [0.3, 0.4) is 0 Å². The van der Waals surface area contributed by atoms with E-state index in [1.165, 1.54) is 0 Å². The average Bonchev–Trinajstić information content (AvgIpc) is 4.46. The normalized spacial score (nSPS) is 58.9. The third kappa shape index (κ3) is 9.22. The zero-order valence-electron chi connectivity index (χ0n) is 48.0. The number of carbonyl (C=O) groups is 1. The van der Waals surface area contributed by atoms with Crippen LogP contribution in [-0.4, -0.2) is 194 Å². The Kier molecular flexibility index (Phi) is 13.6. The molecule has 17 heterocycles. The fourth-order valence-electron chi connectivity index (χ4n) is 19.1. The second-order valence-electron chi connectivity index (χ2n) is 28.4. The summed E-state index contributed by atoms with van der Waals surface area (Å²) >= 11 is 0. The topological polar surface area (TPSA) is 194 Å². The van der Waals surface area contributed by atoms with E-state index in [2.05, 4.69) is 40.9 Å². The summed E-state index contributed by atoms with van der Waals surface area (Å²) in [5.41, 5.74) is 2.17. The Hall–Kier alpha value is -1.73. The molecule has 12 bridgehead atoms. The van der Waals surface area contributed by atoms with Crippen molar-refractivity contribution in [3.63, 3.8) is 0 Å². The highest BCUT2D eigenvalue weighted by molar-refractivity contribution is 5.70. The summed E-state index contributed by atoms with van der Waals surface area (Å²) in [4.78, 5) is 14.6. The fraction of sp³-hybridized carbons (Fsp3) is 0.919. The Morgan fingerprint density at radius 2 is 1.12 bits per heavy atom. The summed E-state index contributed by atoms with van der Waals surface area (Å²) in [5.74, 6) is -3.40. The van der Waals surface area contributed by atoms with Crippen molar-refractivity contribution in [2.45, 2.75) is 319 Å². The number of hydrogen-bond acceptors (Lipinski definition) is 19. The number of aliphatic hydroxyl groups excluding tert-OH is 1. The van der Waals surface area contributed by atoms with Gasteiger partial charge in [-0.3, -0.25) is 4.79 Å². The number of esters is 1. The molecule has 1 N–H and O–H groups in total. The number of fused-ring (bicyclic) bond motifs is 11. The van der Waals surface area contributed by atoms with E-state index >= 15 is 0 Å². The molecule has 0 radical (unpaired) electrons. The zero-order chi connectivity index (χ0) is 55.1. The molecule has 17 aliphatic heterocycles. The summed E-state index contributed by atoms with van der Waals surface area (Å²) in [7, 11) is 1.64. The number of aliphatic hydroxyl groups is 1. The molecule has 0 aliphatic carbocycles. The minimum atomic E-state index is -0.900. The Morgan fingerprint density at radius 1 is 0.481 bits per heavy atom. The predicted molar refractivity (Wildman–Crippen MR) is 281 cm³/mol. The maximum Gasteiger partial charge on any atom is 0.308 e. The number of ether oxygens (including phenoxy) is 17. The predicted octanol–water partition coefficient (Wildman–Crippen LogP) is 6.34. The van der Waals surface area contributed by atoms with Crippen LogP contribution in [0.5, 0.6) is 0 Å². The van der Waals surface area contributed by atoms with Crippen LogP contribution in [0.1, 0.15) is 150 Å². The van der Waals surface area contributed by atoms with E-state index < -0.39 is 47.6 Å². The molecule has 17 saturated heterocycles. The number of rotatable bonds is 3. The van der Waals surface area contributed by atoms with Crippen molar-refractivity contribution < 1.29 is 90.4 Å². The van der Waals surface area contributed by atoms with Gasteiger partial charge in [0.15, 0.2) is 23.1 Å². The monoisotopic (exact) mass is 1140 g/mol. The van der Waals surface area contributed by atoms with Gasteiger partial charge in [0.25, 0.3) is 0 Å². The van der Waals surface area contributed by atoms with Gasteiger partial charge in [-0.25, -0.2) is 0 Å². The first kappa shape index (κ1) is 54.6. The lowest BCUT2D eigenvalue weighted by Crippen LogP contribution is -2.62. The van der Waals surface area contributed by atoms with E-state index in [-0.39, 0.29) is 165 Å². The van der Waals surface area contributed by atoms with Crippen LogP contribution in [0.2, 0.25) is 0 Å². The van der Waals surface area contributed by atoms with E-state index in [0.29, 0.717) is 77.0 Å². The fourth-order valence-corrected chi connectivity index (χ4v) is 19.1. The van der Waals surface area contributed by atoms with Gasteiger partial charge in [-0.2, -0.15) is 0 Å². The van der Waals surface area contributed by atoms with Crippen molar-refractivity contribution in [1.29, 1.82) is 0 Å². The number of hydrogen-bond donors (Lipinski definition) is 1. The smallest absolute Gasteiger partial charge is 0.308 e. The Labute approximate surface area is 475 Å². The van der Waals surface area contributed by atoms with Crippen LogP contribution >= 0.6 is 0 Å². The summed E-state index contributed by atoms with van der Waals surface area (Å²) in [5, 5.41) is 9.83. The third-order valence-electron chi connectivity index (χ3n) is 22.9. The molecule has 81 heavy (non-hydrogen) atoms. The quantitative estimate of drug-likeness (QED) is 0.243. The van der Waals surface area contributed by atoms with Crippen LogP contribution in [0, 0.1) is 23.7 Å². The van der Waals surface area contributed by atoms with E-state index in [0.717, 1.165) is 49.7 Å². The molecule has 0 aromatic carbocycles. The standard InChI is InChI=1S/C62H88O19/c1-28-16-34-8-10-37-29(2)17-36(66-37)12-13-60-26-47-55(80-60)56-57(73-47)58(81-60)54-38(70-56)11-9-35(68-54)18-49(64)74-53-33(6)52-43(69-42(53)19-39(67-34)32(28)5)20-40-46(72-52)25-62(76-40)27-48-51(79-62)31(4)23-61(78-48)22-30(3)50-44(77-61)21-41-45(71-50)24-59(65-7,75-41)14-15-63/h28,30-31,33-48,50-58,63H,2,5,8-27H2,1,3-4,6-7H3/t28-,30+,31+,33+,34+,35-,36+,37+,38+,39-,40-,41-,42+,43+,44+,45-,46-,47-,48+,50+,51+,52+,53-,54+,55+,56+,57-,58+,59+,60+,61-,62+/m1/s1. The van der Waals surface area contributed by atoms with Crippen LogP contribution < -0.4 is 0 Å². The van der Waals surface area contributed by atoms with E-state index in [9.17, 15) is 9.90 Å². The summed E-state index contributed by atoms with van der Waals surface area (Å²) in [6, 6.07) is 0. The molecule has 0 aromatic rings. The highest BCUT2D eigenvalue weighted by Crippen LogP contribution is 2.58. The van der Waals surface area contributed by atoms with E-state index in [4.69, 9.17) is 80.5 Å². The Balaban J connectivity index is 0.627. The van der Waals surface area contributed by atoms with Gasteiger partial charge in [0.1, 0.15) is 36.6 Å². The molecule has 19 nitrogen and oxygen atoms in total. The molecule has 17 rings (SSSR count). The zero-order valence-corrected chi connectivity index (χ0v) is 48.0. The maximum atomic E-state index is 14.6. The molecule has 0 aromatic heterocycles. The summed E-state index contributed by atoms with van der Waals surface area (Å²) in [6.45, 7) is 18.0. The van der Waals surface area contributed by atoms with Gasteiger partial charge in [0.2, 0.25) is 0 Å². The van der Waals surface area contributed by atoms with Crippen molar-refractivity contribution in [3.05, 3.63) is 24.3 Å². The third-order valence-corrected chi connectivity index (χ3v) is 22.9. The maximum absolute atomic E-state index is 14.6. The van der Waals surface area contributed by atoms with Gasteiger partial charge in [-0.05, 0) is 73.8 Å². The highest BCUT2D eigenvalue weighted by Gasteiger charge is 2.70. The molecular formula is C62H88O19. The van der Waals surface area contributed by atoms with Crippen LogP contribution in [0.4, 0.5) is 0 Å². The molecule has 0 saturated carbocycles. The molecular weight excluding hydrogens is 1050 g/mol. The lowest BCUT2D eigenvalue weighted by molar-refractivity contribution is -0.370. The highest BCUT2D eigenvalue weighted by atomic mass is 16.8. The van der Waals surface area contributed by atoms with Gasteiger partial charge in [0, 0.05) is 90.3 Å². The molecule has 0 unspecified atom stereocenters. The molecule has 17 fully saturated rings. The van der Waals surface area contributed by atoms with Crippen LogP contribution in [0.15, 0.2) is 24.3 Å². The SMILES string of the molecule is C=C1C[C@@H]2CC[C@@]34C[C@H]5O[C@H]6[C@@H](O3)[C@H]3O[C@H](CC[C@@H]3O[C@H]6[C@H]5O4)CC(=O)O[C@@H]3[C@@H](C)[C@@H]4O[C@@H]5C[C@]6(C[C@@H]7O[C@]8(C[C@H](C)[C@@H]9O[C@@H]%10C[C@@](CCO)(OC)O[C@@H]%10C[C@@H]9O8)C[C@H](C)[C@@H]7O6)O[C@@H]5C[C@@H]4O[C@H]3C[C@H]3O[C@@H](CC[C@@H]1O2)C[C@@H](C)C3=C. The number of methoxy groups -OCH3 is 1. The van der Waals surface area contributed by atoms with Crippen molar-refractivity contribution in [3.8, 4) is 0 Å². The average molecular weight is 1140 g/mol. The Morgan fingerprint density at radius 3 is 1.98 bits per heavy atom. The minimum absolute atomic E-state index is 0.0111. The van der Waals surface area contributed by atoms with Crippen molar-refractivity contribution >= 4 is 5.97 Å². The van der Waals surface area contributed by atoms with Crippen molar-refractivity contribution in [2.24, 2.45) is 23.7 Å². The van der Waals surface area contributed by atoms with Crippen LogP contribution in [-0.2, 0) is 85.3 Å². The second-order valence-corrected chi connectivity index (χ2v) is 28.4. The first-order chi connectivity index (χ1) is 39.0. The molecule has 450 valence electrons. The largest absolute Gasteiger partial charge is 0.459 e. The minimum Gasteiger partial charge on any atom is -0.459 e. The summed E-state index contributed by atoms with van der Waals surface area (Å²) in [6.07, 6.45) is 6.14. The van der Waals surface area contributed by atoms with Crippen LogP contribution in [0.25, 0.3) is 0 Å². The van der Waals surface area contributed by atoms with Crippen molar-refractivity contribution in [2.75, 3.05) is 13.7 Å². The van der Waals surface area contributed by atoms with Gasteiger partial charge < -0.3 is 85.6 Å². The van der Waals surface area contributed by atoms with E-state index in [1.54, 1.807) is 7.11 Å². The van der Waals surface area contributed by atoms with Gasteiger partial charge in [-0.1, -0.05) is 40.9 Å². The van der Waals surface area contributed by atoms with E-state index in [1.807, 2.05) is 0 Å². The number of carbonyl (C=O) groups excluding carboxylic acids is 1. The molecule has 32 atom stereocenters. The molecule has 0 amide bonds. The molecule has 17 aliphatic rings. The summed E-state index contributed by atoms with van der Waals surface area (Å²) < 4.78 is 117. The van der Waals surface area contributed by atoms with Gasteiger partial charge >= 0.3 is 5.97 Å². The van der Waals surface area contributed by atoms with Gasteiger partial charge in [-0.15, -0.1) is 0 Å².